The number of hydrogen-bond acceptors (Lipinski definition) is 7. The number of rotatable bonds is 10. The summed E-state index contributed by atoms with van der Waals surface area (Å²) < 4.78 is 17.7. The smallest absolute Gasteiger partial charge is 0.329 e. The number of benzene rings is 3. The molecule has 0 radical (unpaired) electrons. The van der Waals surface area contributed by atoms with Crippen molar-refractivity contribution in [3.63, 3.8) is 0 Å². The van der Waals surface area contributed by atoms with Gasteiger partial charge in [0, 0.05) is 16.7 Å². The van der Waals surface area contributed by atoms with Crippen LogP contribution in [-0.4, -0.2) is 44.8 Å². The normalized spacial score (nSPS) is 10.5. The molecule has 3 aromatic carbocycles. The predicted octanol–water partition coefficient (Wildman–Crippen LogP) is 3.85. The molecule has 0 spiro atoms. The molecule has 0 unspecified atom stereocenters. The Kier molecular flexibility index (Phi) is 10.9. The molecule has 198 valence electrons. The van der Waals surface area contributed by atoms with E-state index in [1.165, 1.54) is 13.3 Å². The van der Waals surface area contributed by atoms with Crippen LogP contribution in [0.15, 0.2) is 70.2 Å². The van der Waals surface area contributed by atoms with Crippen molar-refractivity contribution in [1.29, 1.82) is 0 Å². The van der Waals surface area contributed by atoms with E-state index in [0.29, 0.717) is 32.1 Å². The molecule has 0 aliphatic heterocycles. The lowest BCUT2D eigenvalue weighted by atomic mass is 10.2. The van der Waals surface area contributed by atoms with E-state index >= 15 is 0 Å². The Morgan fingerprint density at radius 1 is 0.974 bits per heavy atom. The lowest BCUT2D eigenvalue weighted by Crippen LogP contribution is -2.37. The van der Waals surface area contributed by atoms with Crippen molar-refractivity contribution < 1.29 is 28.6 Å². The van der Waals surface area contributed by atoms with Gasteiger partial charge in [-0.1, -0.05) is 28.1 Å². The van der Waals surface area contributed by atoms with Crippen LogP contribution in [0.25, 0.3) is 0 Å². The number of halogens is 2. The fraction of sp³-hybridized carbons (Fsp3) is 0.154. The van der Waals surface area contributed by atoms with Crippen molar-refractivity contribution in [3.8, 4) is 17.2 Å². The maximum atomic E-state index is 12.3. The summed E-state index contributed by atoms with van der Waals surface area (Å²) >= 11 is 5.39. The van der Waals surface area contributed by atoms with Gasteiger partial charge in [-0.2, -0.15) is 5.10 Å². The van der Waals surface area contributed by atoms with Crippen LogP contribution in [0, 0.1) is 3.57 Å². The lowest BCUT2D eigenvalue weighted by molar-refractivity contribution is -0.139. The minimum Gasteiger partial charge on any atom is -0.497 e. The second-order valence-electron chi connectivity index (χ2n) is 7.61. The molecule has 12 heteroatoms. The van der Waals surface area contributed by atoms with Crippen LogP contribution in [0.2, 0.25) is 0 Å². The summed E-state index contributed by atoms with van der Waals surface area (Å²) in [5.41, 5.74) is 4.23. The van der Waals surface area contributed by atoms with Crippen LogP contribution in [-0.2, 0) is 20.9 Å². The fourth-order valence-corrected chi connectivity index (χ4v) is 4.09. The molecule has 3 aromatic rings. The summed E-state index contributed by atoms with van der Waals surface area (Å²) in [5.74, 6) is -0.607. The molecule has 0 fully saturated rings. The number of carbonyl (C=O) groups excluding carboxylic acids is 3. The third-order valence-corrected chi connectivity index (χ3v) is 6.26. The number of carbonyl (C=O) groups is 3. The number of methoxy groups -OCH3 is 2. The molecule has 0 aliphatic rings. The van der Waals surface area contributed by atoms with Crippen LogP contribution < -0.4 is 30.3 Å². The summed E-state index contributed by atoms with van der Waals surface area (Å²) in [6.07, 6.45) is 1.36. The standard InChI is InChI=1S/C26H24BrIN4O6/c1-36-20-9-3-16(4-10-20)13-29-25(34)26(35)32-30-14-17-11-21(28)24(22(12-17)37-2)38-15-23(33)31-19-7-5-18(27)6-8-19/h3-12,14H,13,15H2,1-2H3,(H,29,34)(H,31,33)(H,32,35)/b30-14-. The van der Waals surface area contributed by atoms with Gasteiger partial charge in [0.15, 0.2) is 18.1 Å². The summed E-state index contributed by atoms with van der Waals surface area (Å²) in [6, 6.07) is 17.6. The monoisotopic (exact) mass is 694 g/mol. The van der Waals surface area contributed by atoms with E-state index in [-0.39, 0.29) is 19.1 Å². The molecule has 0 atom stereocenters. The van der Waals surface area contributed by atoms with Gasteiger partial charge in [0.25, 0.3) is 5.91 Å². The van der Waals surface area contributed by atoms with Crippen molar-refractivity contribution in [3.05, 3.63) is 79.8 Å². The molecule has 0 saturated carbocycles. The van der Waals surface area contributed by atoms with Gasteiger partial charge >= 0.3 is 11.8 Å². The SMILES string of the molecule is COc1ccc(CNC(=O)C(=O)N/N=C\c2cc(I)c(OCC(=O)Nc3ccc(Br)cc3)c(OC)c2)cc1. The Morgan fingerprint density at radius 2 is 1.68 bits per heavy atom. The molecule has 10 nitrogen and oxygen atoms in total. The Morgan fingerprint density at radius 3 is 2.34 bits per heavy atom. The van der Waals surface area contributed by atoms with E-state index in [9.17, 15) is 14.4 Å². The first-order valence-corrected chi connectivity index (χ1v) is 13.0. The van der Waals surface area contributed by atoms with Crippen molar-refractivity contribution in [2.75, 3.05) is 26.1 Å². The zero-order valence-electron chi connectivity index (χ0n) is 20.4. The van der Waals surface area contributed by atoms with Crippen molar-refractivity contribution in [1.82, 2.24) is 10.7 Å². The zero-order chi connectivity index (χ0) is 27.5. The van der Waals surface area contributed by atoms with Gasteiger partial charge in [-0.25, -0.2) is 5.43 Å². The number of hydrogen-bond donors (Lipinski definition) is 3. The van der Waals surface area contributed by atoms with Crippen molar-refractivity contribution in [2.45, 2.75) is 6.54 Å². The maximum absolute atomic E-state index is 12.3. The minimum absolute atomic E-state index is 0.179. The molecule has 3 N–H and O–H groups in total. The topological polar surface area (TPSA) is 127 Å². The average molecular weight is 695 g/mol. The van der Waals surface area contributed by atoms with Gasteiger partial charge in [-0.05, 0) is 82.2 Å². The molecular formula is C26H24BrIN4O6. The van der Waals surface area contributed by atoms with E-state index in [1.807, 2.05) is 34.7 Å². The van der Waals surface area contributed by atoms with Crippen LogP contribution in [0.4, 0.5) is 5.69 Å². The molecular weight excluding hydrogens is 671 g/mol. The number of anilines is 1. The second kappa shape index (κ2) is 14.3. The molecule has 38 heavy (non-hydrogen) atoms. The Bertz CT molecular complexity index is 1320. The molecule has 0 aliphatic carbocycles. The third-order valence-electron chi connectivity index (χ3n) is 4.93. The first-order valence-electron chi connectivity index (χ1n) is 11.1. The fourth-order valence-electron chi connectivity index (χ4n) is 3.04. The Hall–Kier alpha value is -3.65. The van der Waals surface area contributed by atoms with E-state index in [2.05, 4.69) is 37.1 Å². The second-order valence-corrected chi connectivity index (χ2v) is 9.69. The minimum atomic E-state index is -0.909. The first-order chi connectivity index (χ1) is 18.3. The third kappa shape index (κ3) is 8.73. The molecule has 0 saturated heterocycles. The predicted molar refractivity (Wildman–Crippen MR) is 155 cm³/mol. The van der Waals surface area contributed by atoms with Gasteiger partial charge in [0.1, 0.15) is 5.75 Å². The number of ether oxygens (including phenoxy) is 3. The molecule has 3 rings (SSSR count). The highest BCUT2D eigenvalue weighted by molar-refractivity contribution is 14.1. The highest BCUT2D eigenvalue weighted by Crippen LogP contribution is 2.33. The first kappa shape index (κ1) is 28.9. The van der Waals surface area contributed by atoms with Crippen molar-refractivity contribution >= 4 is 68.1 Å². The highest BCUT2D eigenvalue weighted by atomic mass is 127. The number of nitrogens with one attached hydrogen (secondary N) is 3. The van der Waals surface area contributed by atoms with Crippen LogP contribution in [0.3, 0.4) is 0 Å². The number of nitrogens with zero attached hydrogens (tertiary/aromatic N) is 1. The molecule has 0 bridgehead atoms. The van der Waals surface area contributed by atoms with Crippen LogP contribution in [0.5, 0.6) is 17.2 Å². The average Bonchev–Trinajstić information content (AvgIpc) is 2.92. The molecule has 3 amide bonds. The Labute approximate surface area is 241 Å². The summed E-state index contributed by atoms with van der Waals surface area (Å²) in [4.78, 5) is 36.4. The largest absolute Gasteiger partial charge is 0.497 e. The lowest BCUT2D eigenvalue weighted by Gasteiger charge is -2.13. The van der Waals surface area contributed by atoms with Gasteiger partial charge in [-0.3, -0.25) is 14.4 Å². The summed E-state index contributed by atoms with van der Waals surface area (Å²) in [6.45, 7) is -0.0461. The van der Waals surface area contributed by atoms with Gasteiger partial charge in [0.2, 0.25) is 0 Å². The maximum Gasteiger partial charge on any atom is 0.329 e. The van der Waals surface area contributed by atoms with Crippen LogP contribution >= 0.6 is 38.5 Å². The zero-order valence-corrected chi connectivity index (χ0v) is 24.2. The molecule has 0 aromatic heterocycles. The van der Waals surface area contributed by atoms with E-state index < -0.39 is 11.8 Å². The van der Waals surface area contributed by atoms with E-state index in [0.717, 1.165) is 10.0 Å². The van der Waals surface area contributed by atoms with Gasteiger partial charge in [-0.15, -0.1) is 0 Å². The van der Waals surface area contributed by atoms with E-state index in [1.54, 1.807) is 55.6 Å². The highest BCUT2D eigenvalue weighted by Gasteiger charge is 2.15. The van der Waals surface area contributed by atoms with Crippen LogP contribution in [0.1, 0.15) is 11.1 Å². The van der Waals surface area contributed by atoms with Gasteiger partial charge < -0.3 is 24.8 Å². The molecule has 0 heterocycles. The van der Waals surface area contributed by atoms with Gasteiger partial charge in [0.05, 0.1) is 24.0 Å². The quantitative estimate of drug-likeness (QED) is 0.128. The summed E-state index contributed by atoms with van der Waals surface area (Å²) in [7, 11) is 3.03. The van der Waals surface area contributed by atoms with Crippen molar-refractivity contribution in [2.24, 2.45) is 5.10 Å². The summed E-state index contributed by atoms with van der Waals surface area (Å²) in [5, 5.41) is 9.12. The number of hydrazone groups is 1. The van der Waals surface area contributed by atoms with E-state index in [4.69, 9.17) is 14.2 Å². The Balaban J connectivity index is 1.52. The number of amides is 3.